The number of phenolic OH excluding ortho intramolecular Hbond substituents is 1. The van der Waals surface area contributed by atoms with Crippen molar-refractivity contribution in [2.45, 2.75) is 45.3 Å². The summed E-state index contributed by atoms with van der Waals surface area (Å²) in [4.78, 5) is 2.45. The number of likely N-dealkylation sites (tertiary alicyclic amines) is 1. The highest BCUT2D eigenvalue weighted by Crippen LogP contribution is 2.32. The normalized spacial score (nSPS) is 21.2. The molecule has 21 heavy (non-hydrogen) atoms. The van der Waals surface area contributed by atoms with E-state index in [1.54, 1.807) is 13.2 Å². The van der Waals surface area contributed by atoms with Crippen molar-refractivity contribution in [3.05, 3.63) is 23.8 Å². The Kier molecular flexibility index (Phi) is 5.88. The summed E-state index contributed by atoms with van der Waals surface area (Å²) in [6.07, 6.45) is 3.75. The van der Waals surface area contributed by atoms with Gasteiger partial charge in [0.25, 0.3) is 0 Å². The van der Waals surface area contributed by atoms with Gasteiger partial charge in [-0.3, -0.25) is 4.90 Å². The van der Waals surface area contributed by atoms with E-state index < -0.39 is 0 Å². The molecule has 2 rings (SSSR count). The minimum absolute atomic E-state index is 0.191. The Morgan fingerprint density at radius 1 is 1.43 bits per heavy atom. The lowest BCUT2D eigenvalue weighted by Gasteiger charge is -2.37. The lowest BCUT2D eigenvalue weighted by molar-refractivity contribution is -0.0107. The van der Waals surface area contributed by atoms with E-state index in [4.69, 9.17) is 9.47 Å². The molecule has 1 aliphatic heterocycles. The van der Waals surface area contributed by atoms with Gasteiger partial charge in [0.2, 0.25) is 0 Å². The number of rotatable bonds is 6. The number of benzene rings is 1. The second kappa shape index (κ2) is 7.66. The fourth-order valence-corrected chi connectivity index (χ4v) is 2.90. The third kappa shape index (κ3) is 4.11. The molecule has 1 heterocycles. The lowest BCUT2D eigenvalue weighted by Crippen LogP contribution is -2.41. The number of ether oxygens (including phenoxy) is 2. The Morgan fingerprint density at radius 3 is 2.95 bits per heavy atom. The summed E-state index contributed by atoms with van der Waals surface area (Å²) in [5.74, 6) is 0.728. The molecule has 1 aromatic rings. The van der Waals surface area contributed by atoms with Gasteiger partial charge in [-0.15, -0.1) is 0 Å². The van der Waals surface area contributed by atoms with Crippen LogP contribution in [0.15, 0.2) is 18.2 Å². The van der Waals surface area contributed by atoms with Crippen molar-refractivity contribution in [1.82, 2.24) is 4.90 Å². The van der Waals surface area contributed by atoms with Gasteiger partial charge in [-0.05, 0) is 50.4 Å². The van der Waals surface area contributed by atoms with Crippen LogP contribution in [0.25, 0.3) is 0 Å². The minimum Gasteiger partial charge on any atom is -0.504 e. The lowest BCUT2D eigenvalue weighted by atomic mass is 10.0. The standard InChI is InChI=1S/C17H27NO3/c1-4-10-21-15-6-5-9-18(12-15)13(2)14-7-8-16(19)17(11-14)20-3/h7-8,11,13,15,19H,4-6,9-10,12H2,1-3H3. The molecule has 1 aliphatic rings. The fraction of sp³-hybridized carbons (Fsp3) is 0.647. The van der Waals surface area contributed by atoms with Crippen LogP contribution in [0.2, 0.25) is 0 Å². The molecular weight excluding hydrogens is 266 g/mol. The van der Waals surface area contributed by atoms with Crippen LogP contribution in [0.1, 0.15) is 44.7 Å². The van der Waals surface area contributed by atoms with E-state index in [9.17, 15) is 5.11 Å². The molecule has 1 fully saturated rings. The summed E-state index contributed by atoms with van der Waals surface area (Å²) in [6, 6.07) is 5.91. The summed E-state index contributed by atoms with van der Waals surface area (Å²) in [6.45, 7) is 7.26. The molecule has 0 bridgehead atoms. The Labute approximate surface area is 127 Å². The zero-order valence-electron chi connectivity index (χ0n) is 13.3. The maximum absolute atomic E-state index is 9.71. The Hall–Kier alpha value is -1.26. The van der Waals surface area contributed by atoms with E-state index in [1.165, 1.54) is 12.0 Å². The fourth-order valence-electron chi connectivity index (χ4n) is 2.90. The van der Waals surface area contributed by atoms with E-state index in [0.717, 1.165) is 32.5 Å². The third-order valence-electron chi connectivity index (χ3n) is 4.20. The van der Waals surface area contributed by atoms with Crippen molar-refractivity contribution in [2.75, 3.05) is 26.8 Å². The Morgan fingerprint density at radius 2 is 2.24 bits per heavy atom. The molecule has 2 atom stereocenters. The predicted octanol–water partition coefficient (Wildman–Crippen LogP) is 3.35. The number of hydrogen-bond donors (Lipinski definition) is 1. The van der Waals surface area contributed by atoms with Gasteiger partial charge in [-0.1, -0.05) is 13.0 Å². The molecule has 0 spiro atoms. The first-order valence-electron chi connectivity index (χ1n) is 7.88. The van der Waals surface area contributed by atoms with Gasteiger partial charge in [-0.2, -0.15) is 0 Å². The van der Waals surface area contributed by atoms with Gasteiger partial charge in [0.1, 0.15) is 0 Å². The first kappa shape index (κ1) is 16.1. The largest absolute Gasteiger partial charge is 0.504 e. The topological polar surface area (TPSA) is 41.9 Å². The molecule has 0 aromatic heterocycles. The molecule has 4 nitrogen and oxygen atoms in total. The Balaban J connectivity index is 2.03. The molecule has 4 heteroatoms. The molecule has 2 unspecified atom stereocenters. The first-order valence-corrected chi connectivity index (χ1v) is 7.88. The molecule has 0 radical (unpaired) electrons. The SMILES string of the molecule is CCCOC1CCCN(C(C)c2ccc(O)c(OC)c2)C1. The van der Waals surface area contributed by atoms with Crippen molar-refractivity contribution >= 4 is 0 Å². The van der Waals surface area contributed by atoms with Crippen molar-refractivity contribution < 1.29 is 14.6 Å². The van der Waals surface area contributed by atoms with E-state index in [-0.39, 0.29) is 5.75 Å². The van der Waals surface area contributed by atoms with Gasteiger partial charge >= 0.3 is 0 Å². The zero-order chi connectivity index (χ0) is 15.2. The number of methoxy groups -OCH3 is 1. The van der Waals surface area contributed by atoms with E-state index >= 15 is 0 Å². The second-order valence-corrected chi connectivity index (χ2v) is 5.74. The van der Waals surface area contributed by atoms with Crippen LogP contribution < -0.4 is 4.74 Å². The third-order valence-corrected chi connectivity index (χ3v) is 4.20. The average molecular weight is 293 g/mol. The maximum Gasteiger partial charge on any atom is 0.160 e. The van der Waals surface area contributed by atoms with Gasteiger partial charge in [0.05, 0.1) is 13.2 Å². The predicted molar refractivity (Wildman–Crippen MR) is 83.9 cm³/mol. The molecular formula is C17H27NO3. The van der Waals surface area contributed by atoms with Crippen LogP contribution in [0, 0.1) is 0 Å². The summed E-state index contributed by atoms with van der Waals surface area (Å²) >= 11 is 0. The smallest absolute Gasteiger partial charge is 0.160 e. The highest BCUT2D eigenvalue weighted by Gasteiger charge is 2.25. The Bertz CT molecular complexity index is 450. The second-order valence-electron chi connectivity index (χ2n) is 5.74. The minimum atomic E-state index is 0.191. The van der Waals surface area contributed by atoms with E-state index in [1.807, 2.05) is 12.1 Å². The molecule has 1 aromatic carbocycles. The van der Waals surface area contributed by atoms with Crippen LogP contribution in [-0.2, 0) is 4.74 Å². The van der Waals surface area contributed by atoms with Crippen LogP contribution in [0.5, 0.6) is 11.5 Å². The van der Waals surface area contributed by atoms with Crippen molar-refractivity contribution in [3.8, 4) is 11.5 Å². The van der Waals surface area contributed by atoms with Gasteiger partial charge in [0, 0.05) is 19.2 Å². The van der Waals surface area contributed by atoms with E-state index in [2.05, 4.69) is 18.7 Å². The summed E-state index contributed by atoms with van der Waals surface area (Å²) in [7, 11) is 1.58. The van der Waals surface area contributed by atoms with Gasteiger partial charge in [-0.25, -0.2) is 0 Å². The average Bonchev–Trinajstić information content (AvgIpc) is 2.53. The highest BCUT2D eigenvalue weighted by atomic mass is 16.5. The number of nitrogens with zero attached hydrogens (tertiary/aromatic N) is 1. The van der Waals surface area contributed by atoms with Crippen molar-refractivity contribution in [2.24, 2.45) is 0 Å². The summed E-state index contributed by atoms with van der Waals surface area (Å²) in [5, 5.41) is 9.71. The molecule has 0 amide bonds. The van der Waals surface area contributed by atoms with Crippen molar-refractivity contribution in [3.63, 3.8) is 0 Å². The molecule has 1 saturated heterocycles. The number of aromatic hydroxyl groups is 1. The quantitative estimate of drug-likeness (QED) is 0.873. The summed E-state index contributed by atoms with van der Waals surface area (Å²) in [5.41, 5.74) is 1.17. The maximum atomic E-state index is 9.71. The van der Waals surface area contributed by atoms with Crippen LogP contribution >= 0.6 is 0 Å². The number of phenols is 1. The molecule has 118 valence electrons. The summed E-state index contributed by atoms with van der Waals surface area (Å²) < 4.78 is 11.1. The van der Waals surface area contributed by atoms with Crippen LogP contribution in [0.3, 0.4) is 0 Å². The van der Waals surface area contributed by atoms with Gasteiger partial charge < -0.3 is 14.6 Å². The van der Waals surface area contributed by atoms with Crippen LogP contribution in [-0.4, -0.2) is 42.9 Å². The monoisotopic (exact) mass is 293 g/mol. The number of piperidine rings is 1. The van der Waals surface area contributed by atoms with E-state index in [0.29, 0.717) is 17.9 Å². The molecule has 1 N–H and O–H groups in total. The van der Waals surface area contributed by atoms with Gasteiger partial charge in [0.15, 0.2) is 11.5 Å². The molecule has 0 saturated carbocycles. The van der Waals surface area contributed by atoms with Crippen molar-refractivity contribution in [1.29, 1.82) is 0 Å². The molecule has 0 aliphatic carbocycles. The zero-order valence-corrected chi connectivity index (χ0v) is 13.3. The first-order chi connectivity index (χ1) is 10.2. The number of hydrogen-bond acceptors (Lipinski definition) is 4. The highest BCUT2D eigenvalue weighted by molar-refractivity contribution is 5.42. The van der Waals surface area contributed by atoms with Crippen LogP contribution in [0.4, 0.5) is 0 Å².